The molecule has 9 nitrogen and oxygen atoms in total. The van der Waals surface area contributed by atoms with Gasteiger partial charge in [-0.05, 0) is 44.0 Å². The second kappa shape index (κ2) is 12.6. The quantitative estimate of drug-likeness (QED) is 0.345. The lowest BCUT2D eigenvalue weighted by atomic mass is 9.96. The van der Waals surface area contributed by atoms with Crippen LogP contribution in [0, 0.1) is 5.82 Å². The fourth-order valence-corrected chi connectivity index (χ4v) is 7.80. The van der Waals surface area contributed by atoms with E-state index in [-0.39, 0.29) is 52.4 Å². The third-order valence-electron chi connectivity index (χ3n) is 9.38. The van der Waals surface area contributed by atoms with Crippen molar-refractivity contribution in [2.45, 2.75) is 44.4 Å². The summed E-state index contributed by atoms with van der Waals surface area (Å²) in [7, 11) is 1.29. The molecule has 4 heterocycles. The molecule has 0 saturated carbocycles. The van der Waals surface area contributed by atoms with Crippen molar-refractivity contribution in [1.29, 1.82) is 0 Å². The molecule has 4 aliphatic heterocycles. The van der Waals surface area contributed by atoms with Crippen LogP contribution in [-0.4, -0.2) is 81.6 Å². The molecule has 7 rings (SSSR count). The summed E-state index contributed by atoms with van der Waals surface area (Å²) in [6.07, 6.45) is 1.86. The molecule has 1 N–H and O–H groups in total. The molecule has 4 aliphatic rings. The van der Waals surface area contributed by atoms with Crippen LogP contribution in [0.4, 0.5) is 15.8 Å². The van der Waals surface area contributed by atoms with Gasteiger partial charge in [0.1, 0.15) is 11.6 Å². The zero-order valence-corrected chi connectivity index (χ0v) is 27.2. The fraction of sp³-hybridized carbons (Fsp3) is 0.412. The summed E-state index contributed by atoms with van der Waals surface area (Å²) >= 11 is 13.4. The first kappa shape index (κ1) is 31.1. The van der Waals surface area contributed by atoms with Crippen molar-refractivity contribution in [3.05, 3.63) is 75.0 Å². The molecule has 0 aromatic heterocycles. The number of para-hydroxylation sites is 1. The van der Waals surface area contributed by atoms with E-state index in [1.54, 1.807) is 30.3 Å². The van der Waals surface area contributed by atoms with Crippen molar-refractivity contribution in [2.75, 3.05) is 56.5 Å². The van der Waals surface area contributed by atoms with Gasteiger partial charge < -0.3 is 34.2 Å². The Morgan fingerprint density at radius 1 is 1.04 bits per heavy atom. The maximum absolute atomic E-state index is 15.9. The van der Waals surface area contributed by atoms with Crippen LogP contribution < -0.4 is 19.9 Å². The lowest BCUT2D eigenvalue weighted by molar-refractivity contribution is 0.0515. The van der Waals surface area contributed by atoms with E-state index in [0.717, 1.165) is 38.2 Å². The van der Waals surface area contributed by atoms with Gasteiger partial charge in [0.2, 0.25) is 0 Å². The van der Waals surface area contributed by atoms with Gasteiger partial charge in [0, 0.05) is 48.1 Å². The molecule has 46 heavy (non-hydrogen) atoms. The maximum atomic E-state index is 15.9. The predicted molar refractivity (Wildman–Crippen MR) is 175 cm³/mol. The minimum Gasteiger partial charge on any atom is -0.472 e. The molecule has 0 spiro atoms. The molecule has 242 valence electrons. The molecule has 12 heteroatoms. The van der Waals surface area contributed by atoms with Gasteiger partial charge in [-0.3, -0.25) is 4.79 Å². The first-order chi connectivity index (χ1) is 22.2. The Morgan fingerprint density at radius 2 is 1.78 bits per heavy atom. The van der Waals surface area contributed by atoms with Crippen LogP contribution in [0.25, 0.3) is 11.1 Å². The van der Waals surface area contributed by atoms with Crippen molar-refractivity contribution in [3.63, 3.8) is 0 Å². The summed E-state index contributed by atoms with van der Waals surface area (Å²) in [5.74, 6) is -1.05. The number of nitrogens with zero attached hydrogens (tertiary/aromatic N) is 3. The fourth-order valence-electron chi connectivity index (χ4n) is 7.16. The number of carbonyl (C=O) groups excluding carboxylic acids is 2. The van der Waals surface area contributed by atoms with Crippen molar-refractivity contribution in [3.8, 4) is 16.9 Å². The number of ether oxygens (including phenoxy) is 3. The first-order valence-corrected chi connectivity index (χ1v) is 16.3. The van der Waals surface area contributed by atoms with Gasteiger partial charge in [-0.2, -0.15) is 0 Å². The minimum absolute atomic E-state index is 0.0745. The zero-order chi connectivity index (χ0) is 32.1. The third-order valence-corrected chi connectivity index (χ3v) is 9.98. The van der Waals surface area contributed by atoms with E-state index in [4.69, 9.17) is 37.4 Å². The Morgan fingerprint density at radius 3 is 2.48 bits per heavy atom. The monoisotopic (exact) mass is 668 g/mol. The molecule has 3 saturated heterocycles. The van der Waals surface area contributed by atoms with Gasteiger partial charge in [-0.1, -0.05) is 41.4 Å². The largest absolute Gasteiger partial charge is 0.472 e. The Kier molecular flexibility index (Phi) is 8.48. The molecule has 3 fully saturated rings. The van der Waals surface area contributed by atoms with E-state index >= 15 is 4.39 Å². The number of methoxy groups -OCH3 is 1. The average molecular weight is 670 g/mol. The van der Waals surface area contributed by atoms with E-state index in [1.165, 1.54) is 18.1 Å². The second-order valence-corrected chi connectivity index (χ2v) is 13.1. The number of carbonyl (C=O) groups is 2. The summed E-state index contributed by atoms with van der Waals surface area (Å²) in [5, 5.41) is 3.96. The minimum atomic E-state index is -0.598. The summed E-state index contributed by atoms with van der Waals surface area (Å²) < 4.78 is 32.8. The standard InChI is InChI=1S/C34H35Cl2FN4O5/c1-19-14-39(9-8-38-19)23-10-27(35)31(28(36)11-23)33(42)40-15-20-4-3-5-24(32(20)46-18-40)25-13-30(26(12-29(25)37)34(43)44-2)41-21-6-7-22(41)17-45-16-21/h3-5,10-13,19,21-22,38H,6-9,14-18H2,1-2H3. The van der Waals surface area contributed by atoms with E-state index in [9.17, 15) is 9.59 Å². The highest BCUT2D eigenvalue weighted by atomic mass is 35.5. The van der Waals surface area contributed by atoms with Crippen molar-refractivity contribution in [1.82, 2.24) is 10.2 Å². The smallest absolute Gasteiger partial charge is 0.340 e. The van der Waals surface area contributed by atoms with E-state index in [0.29, 0.717) is 47.4 Å². The predicted octanol–water partition coefficient (Wildman–Crippen LogP) is 5.74. The first-order valence-electron chi connectivity index (χ1n) is 15.5. The summed E-state index contributed by atoms with van der Waals surface area (Å²) in [6, 6.07) is 12.5. The van der Waals surface area contributed by atoms with E-state index < -0.39 is 11.8 Å². The Balaban J connectivity index is 1.19. The Hall–Kier alpha value is -3.57. The number of hydrogen-bond donors (Lipinski definition) is 1. The van der Waals surface area contributed by atoms with Gasteiger partial charge in [-0.15, -0.1) is 0 Å². The Labute approximate surface area is 277 Å². The van der Waals surface area contributed by atoms with Crippen LogP contribution in [0.5, 0.6) is 5.75 Å². The summed E-state index contributed by atoms with van der Waals surface area (Å²) in [5.41, 5.74) is 3.42. The van der Waals surface area contributed by atoms with Crippen molar-refractivity contribution < 1.29 is 28.2 Å². The van der Waals surface area contributed by atoms with Crippen molar-refractivity contribution in [2.24, 2.45) is 0 Å². The SMILES string of the molecule is COC(=O)c1cc(F)c(-c2cccc3c2OCN(C(=O)c2c(Cl)cc(N4CCNC(C)C4)cc2Cl)C3)cc1N1C2CCC1COC2. The van der Waals surface area contributed by atoms with Gasteiger partial charge in [0.05, 0.1) is 65.8 Å². The molecular weight excluding hydrogens is 634 g/mol. The number of piperazine rings is 1. The molecule has 0 radical (unpaired) electrons. The Bertz CT molecular complexity index is 1670. The van der Waals surface area contributed by atoms with Gasteiger partial charge in [0.15, 0.2) is 6.73 Å². The normalized spacial score (nSPS) is 22.4. The van der Waals surface area contributed by atoms with Gasteiger partial charge in [-0.25, -0.2) is 9.18 Å². The van der Waals surface area contributed by atoms with Crippen LogP contribution in [0.2, 0.25) is 10.0 Å². The number of benzene rings is 3. The third kappa shape index (κ3) is 5.55. The molecule has 3 unspecified atom stereocenters. The van der Waals surface area contributed by atoms with Crippen molar-refractivity contribution >= 4 is 46.5 Å². The summed E-state index contributed by atoms with van der Waals surface area (Å²) in [4.78, 5) is 32.4. The number of nitrogens with one attached hydrogen (secondary N) is 1. The zero-order valence-electron chi connectivity index (χ0n) is 25.7. The van der Waals surface area contributed by atoms with E-state index in [1.807, 2.05) is 6.07 Å². The molecule has 0 aliphatic carbocycles. The lowest BCUT2D eigenvalue weighted by Crippen LogP contribution is -2.49. The number of hydrogen-bond acceptors (Lipinski definition) is 8. The number of amides is 1. The number of esters is 1. The molecule has 2 bridgehead atoms. The highest BCUT2D eigenvalue weighted by molar-refractivity contribution is 6.40. The highest BCUT2D eigenvalue weighted by Crippen LogP contribution is 2.43. The van der Waals surface area contributed by atoms with Gasteiger partial charge >= 0.3 is 5.97 Å². The summed E-state index contributed by atoms with van der Waals surface area (Å²) in [6.45, 7) is 5.81. The van der Waals surface area contributed by atoms with Crippen LogP contribution in [-0.2, 0) is 16.0 Å². The average Bonchev–Trinajstić information content (AvgIpc) is 3.30. The maximum Gasteiger partial charge on any atom is 0.340 e. The molecular formula is C34H35Cl2FN4O5. The number of halogens is 3. The van der Waals surface area contributed by atoms with Crippen LogP contribution >= 0.6 is 23.2 Å². The van der Waals surface area contributed by atoms with Crippen LogP contribution in [0.3, 0.4) is 0 Å². The molecule has 3 atom stereocenters. The molecule has 1 amide bonds. The van der Waals surface area contributed by atoms with Gasteiger partial charge in [0.25, 0.3) is 5.91 Å². The number of morpholine rings is 1. The number of rotatable bonds is 5. The lowest BCUT2D eigenvalue weighted by Gasteiger charge is -2.38. The van der Waals surface area contributed by atoms with Crippen LogP contribution in [0.15, 0.2) is 42.5 Å². The van der Waals surface area contributed by atoms with Crippen LogP contribution in [0.1, 0.15) is 46.0 Å². The number of anilines is 2. The molecule has 3 aromatic rings. The highest BCUT2D eigenvalue weighted by Gasteiger charge is 2.40. The molecule has 3 aromatic carbocycles. The number of fused-ring (bicyclic) bond motifs is 3. The topological polar surface area (TPSA) is 83.6 Å². The van der Waals surface area contributed by atoms with E-state index in [2.05, 4.69) is 22.0 Å². The second-order valence-electron chi connectivity index (χ2n) is 12.3.